The van der Waals surface area contributed by atoms with Crippen LogP contribution in [0.15, 0.2) is 53.8 Å². The summed E-state index contributed by atoms with van der Waals surface area (Å²) in [6.45, 7) is 0.949. The fourth-order valence-electron chi connectivity index (χ4n) is 2.12. The van der Waals surface area contributed by atoms with E-state index < -0.39 is 0 Å². The topological polar surface area (TPSA) is 62.5 Å². The highest BCUT2D eigenvalue weighted by molar-refractivity contribution is 7.99. The number of nitrogens with zero attached hydrogens (tertiary/aromatic N) is 3. The van der Waals surface area contributed by atoms with Gasteiger partial charge in [0, 0.05) is 35.3 Å². The van der Waals surface area contributed by atoms with Gasteiger partial charge < -0.3 is 10.4 Å². The van der Waals surface area contributed by atoms with Crippen LogP contribution in [-0.2, 0) is 6.54 Å². The molecule has 0 amide bonds. The molecule has 0 aliphatic heterocycles. The van der Waals surface area contributed by atoms with Gasteiger partial charge in [0.1, 0.15) is 0 Å². The molecule has 2 aromatic heterocycles. The van der Waals surface area contributed by atoms with Gasteiger partial charge in [-0.15, -0.1) is 11.8 Å². The number of rotatable bonds is 7. The monoisotopic (exact) mass is 314 g/mol. The molecule has 0 saturated carbocycles. The Morgan fingerprint density at radius 2 is 2.05 bits per heavy atom. The van der Waals surface area contributed by atoms with Gasteiger partial charge in [-0.05, 0) is 36.8 Å². The molecular weight excluding hydrogens is 296 g/mol. The van der Waals surface area contributed by atoms with E-state index in [1.807, 2.05) is 22.9 Å². The number of hydrogen-bond acceptors (Lipinski definition) is 5. The van der Waals surface area contributed by atoms with Gasteiger partial charge in [0.25, 0.3) is 0 Å². The van der Waals surface area contributed by atoms with E-state index in [0.717, 1.165) is 29.3 Å². The van der Waals surface area contributed by atoms with Gasteiger partial charge in [0.2, 0.25) is 5.78 Å². The summed E-state index contributed by atoms with van der Waals surface area (Å²) in [5.41, 5.74) is 2.15. The lowest BCUT2D eigenvalue weighted by Crippen LogP contribution is -2.02. The average Bonchev–Trinajstić information content (AvgIpc) is 2.98. The minimum atomic E-state index is 0.251. The molecule has 5 nitrogen and oxygen atoms in total. The van der Waals surface area contributed by atoms with E-state index in [4.69, 9.17) is 5.11 Å². The Hall–Kier alpha value is -2.05. The maximum absolute atomic E-state index is 8.79. The van der Waals surface area contributed by atoms with Crippen LogP contribution < -0.4 is 5.32 Å². The molecule has 1 aromatic carbocycles. The molecule has 2 heterocycles. The van der Waals surface area contributed by atoms with Crippen LogP contribution in [0.4, 0.5) is 5.69 Å². The average molecular weight is 314 g/mol. The lowest BCUT2D eigenvalue weighted by atomic mass is 10.3. The third-order valence-corrected chi connectivity index (χ3v) is 4.36. The fraction of sp³-hybridized carbons (Fsp3) is 0.250. The number of imidazole rings is 1. The lowest BCUT2D eigenvalue weighted by Gasteiger charge is -2.07. The molecule has 0 unspecified atom stereocenters. The number of anilines is 1. The van der Waals surface area contributed by atoms with E-state index in [1.165, 1.54) is 4.90 Å². The zero-order chi connectivity index (χ0) is 15.2. The molecule has 0 aliphatic carbocycles. The van der Waals surface area contributed by atoms with Crippen LogP contribution in [0.2, 0.25) is 0 Å². The number of benzene rings is 1. The summed E-state index contributed by atoms with van der Waals surface area (Å²) in [6.07, 6.45) is 6.38. The third-order valence-electron chi connectivity index (χ3n) is 3.26. The van der Waals surface area contributed by atoms with Crippen LogP contribution in [0.3, 0.4) is 0 Å². The van der Waals surface area contributed by atoms with Gasteiger partial charge in [-0.1, -0.05) is 0 Å². The van der Waals surface area contributed by atoms with Crippen molar-refractivity contribution in [3.63, 3.8) is 0 Å². The van der Waals surface area contributed by atoms with E-state index in [9.17, 15) is 0 Å². The van der Waals surface area contributed by atoms with Gasteiger partial charge in [-0.3, -0.25) is 4.40 Å². The Morgan fingerprint density at radius 1 is 1.18 bits per heavy atom. The second-order valence-electron chi connectivity index (χ2n) is 4.84. The van der Waals surface area contributed by atoms with Crippen LogP contribution in [0.25, 0.3) is 5.78 Å². The Kier molecular flexibility index (Phi) is 4.92. The van der Waals surface area contributed by atoms with E-state index in [2.05, 4.69) is 39.6 Å². The van der Waals surface area contributed by atoms with E-state index in [-0.39, 0.29) is 6.61 Å². The van der Waals surface area contributed by atoms with Crippen molar-refractivity contribution in [3.8, 4) is 0 Å². The van der Waals surface area contributed by atoms with Crippen molar-refractivity contribution in [3.05, 3.63) is 54.6 Å². The number of hydrogen-bond donors (Lipinski definition) is 2. The molecule has 6 heteroatoms. The highest BCUT2D eigenvalue weighted by Gasteiger charge is 2.03. The third kappa shape index (κ3) is 3.58. The quantitative estimate of drug-likeness (QED) is 0.519. The molecule has 0 fully saturated rings. The smallest absolute Gasteiger partial charge is 0.233 e. The van der Waals surface area contributed by atoms with Crippen LogP contribution in [-0.4, -0.2) is 31.8 Å². The zero-order valence-corrected chi connectivity index (χ0v) is 13.0. The largest absolute Gasteiger partial charge is 0.396 e. The first-order valence-corrected chi connectivity index (χ1v) is 8.20. The van der Waals surface area contributed by atoms with Gasteiger partial charge in [-0.25, -0.2) is 9.97 Å². The van der Waals surface area contributed by atoms with Gasteiger partial charge in [-0.2, -0.15) is 0 Å². The minimum absolute atomic E-state index is 0.251. The summed E-state index contributed by atoms with van der Waals surface area (Å²) in [5, 5.41) is 12.2. The van der Waals surface area contributed by atoms with E-state index in [1.54, 1.807) is 18.0 Å². The van der Waals surface area contributed by atoms with Crippen LogP contribution in [0, 0.1) is 0 Å². The number of fused-ring (bicyclic) bond motifs is 1. The normalized spacial score (nSPS) is 11.0. The van der Waals surface area contributed by atoms with Crippen molar-refractivity contribution in [1.82, 2.24) is 14.4 Å². The molecule has 114 valence electrons. The van der Waals surface area contributed by atoms with E-state index in [0.29, 0.717) is 6.54 Å². The molecule has 22 heavy (non-hydrogen) atoms. The number of aliphatic hydroxyl groups is 1. The molecular formula is C16H18N4OS. The minimum Gasteiger partial charge on any atom is -0.396 e. The highest BCUT2D eigenvalue weighted by Crippen LogP contribution is 2.21. The van der Waals surface area contributed by atoms with Crippen molar-refractivity contribution < 1.29 is 5.11 Å². The fourth-order valence-corrected chi connectivity index (χ4v) is 2.96. The molecule has 0 atom stereocenters. The number of thioether (sulfide) groups is 1. The zero-order valence-electron chi connectivity index (χ0n) is 12.1. The van der Waals surface area contributed by atoms with E-state index >= 15 is 0 Å². The summed E-state index contributed by atoms with van der Waals surface area (Å²) in [7, 11) is 0. The molecule has 3 aromatic rings. The standard InChI is InChI=1S/C16H18N4OS/c21-9-2-10-22-15-5-3-13(4-6-15)18-11-14-12-19-16-17-7-1-8-20(14)16/h1,3-8,12,18,21H,2,9-11H2. The first kappa shape index (κ1) is 14.9. The Labute approximate surface area is 133 Å². The second-order valence-corrected chi connectivity index (χ2v) is 6.01. The van der Waals surface area contributed by atoms with Crippen molar-refractivity contribution in [2.24, 2.45) is 0 Å². The predicted octanol–water partition coefficient (Wildman–Crippen LogP) is 2.82. The molecule has 0 saturated heterocycles. The Balaban J connectivity index is 1.59. The van der Waals surface area contributed by atoms with Crippen LogP contribution in [0.5, 0.6) is 0 Å². The SMILES string of the molecule is OCCCSc1ccc(NCc2cnc3ncccn23)cc1. The Morgan fingerprint density at radius 3 is 2.86 bits per heavy atom. The molecule has 0 radical (unpaired) electrons. The summed E-state index contributed by atoms with van der Waals surface area (Å²) in [5.74, 6) is 1.66. The van der Waals surface area contributed by atoms with Crippen molar-refractivity contribution in [2.75, 3.05) is 17.7 Å². The summed E-state index contributed by atoms with van der Waals surface area (Å²) >= 11 is 1.76. The molecule has 3 rings (SSSR count). The Bertz CT molecular complexity index is 726. The van der Waals surface area contributed by atoms with Gasteiger partial charge >= 0.3 is 0 Å². The van der Waals surface area contributed by atoms with Gasteiger partial charge in [0.05, 0.1) is 18.4 Å². The van der Waals surface area contributed by atoms with Crippen LogP contribution in [0.1, 0.15) is 12.1 Å². The first-order valence-electron chi connectivity index (χ1n) is 7.21. The molecule has 2 N–H and O–H groups in total. The lowest BCUT2D eigenvalue weighted by molar-refractivity contribution is 0.296. The summed E-state index contributed by atoms with van der Waals surface area (Å²) in [4.78, 5) is 9.70. The maximum atomic E-state index is 8.79. The molecule has 0 bridgehead atoms. The summed E-state index contributed by atoms with van der Waals surface area (Å²) in [6, 6.07) is 10.2. The summed E-state index contributed by atoms with van der Waals surface area (Å²) < 4.78 is 1.98. The highest BCUT2D eigenvalue weighted by atomic mass is 32.2. The van der Waals surface area contributed by atoms with Crippen molar-refractivity contribution in [2.45, 2.75) is 17.9 Å². The molecule has 0 spiro atoms. The van der Waals surface area contributed by atoms with Crippen molar-refractivity contribution >= 4 is 23.2 Å². The molecule has 0 aliphatic rings. The number of aliphatic hydroxyl groups excluding tert-OH is 1. The predicted molar refractivity (Wildman–Crippen MR) is 89.2 cm³/mol. The maximum Gasteiger partial charge on any atom is 0.233 e. The van der Waals surface area contributed by atoms with Gasteiger partial charge in [0.15, 0.2) is 0 Å². The van der Waals surface area contributed by atoms with Crippen molar-refractivity contribution in [1.29, 1.82) is 0 Å². The first-order chi connectivity index (χ1) is 10.9. The number of nitrogens with one attached hydrogen (secondary N) is 1. The van der Waals surface area contributed by atoms with Crippen LogP contribution >= 0.6 is 11.8 Å². The second kappa shape index (κ2) is 7.29. The number of aromatic nitrogens is 3.